The van der Waals surface area contributed by atoms with Crippen molar-refractivity contribution in [2.45, 2.75) is 89.0 Å². The predicted molar refractivity (Wildman–Crippen MR) is 117 cm³/mol. The van der Waals surface area contributed by atoms with Gasteiger partial charge in [-0.05, 0) is 63.8 Å². The molecule has 29 heavy (non-hydrogen) atoms. The van der Waals surface area contributed by atoms with E-state index in [9.17, 15) is 0 Å². The van der Waals surface area contributed by atoms with E-state index in [0.29, 0.717) is 6.04 Å². The molecule has 1 atom stereocenters. The van der Waals surface area contributed by atoms with Gasteiger partial charge in [-0.25, -0.2) is 9.97 Å². The second-order valence-electron chi connectivity index (χ2n) is 11.1. The topological polar surface area (TPSA) is 50.3 Å². The molecular weight excluding hydrogens is 360 g/mol. The van der Waals surface area contributed by atoms with Gasteiger partial charge in [-0.2, -0.15) is 0 Å². The van der Waals surface area contributed by atoms with Gasteiger partial charge < -0.3 is 15.0 Å². The summed E-state index contributed by atoms with van der Waals surface area (Å²) in [5, 5.41) is 3.82. The van der Waals surface area contributed by atoms with Crippen molar-refractivity contribution in [1.82, 2.24) is 14.9 Å². The van der Waals surface area contributed by atoms with Crippen LogP contribution < -0.4 is 5.32 Å². The first kappa shape index (κ1) is 19.7. The number of aromatic nitrogens is 2. The van der Waals surface area contributed by atoms with E-state index in [4.69, 9.17) is 14.7 Å². The Balaban J connectivity index is 1.48. The Morgan fingerprint density at radius 2 is 1.90 bits per heavy atom. The average Bonchev–Trinajstić information content (AvgIpc) is 3.44. The fourth-order valence-electron chi connectivity index (χ4n) is 5.58. The minimum atomic E-state index is -0.0344. The molecule has 0 bridgehead atoms. The van der Waals surface area contributed by atoms with E-state index in [1.165, 1.54) is 63.0 Å². The first-order valence-corrected chi connectivity index (χ1v) is 11.9. The van der Waals surface area contributed by atoms with E-state index in [1.54, 1.807) is 0 Å². The first-order valence-electron chi connectivity index (χ1n) is 11.9. The van der Waals surface area contributed by atoms with E-state index in [-0.39, 0.29) is 10.8 Å². The van der Waals surface area contributed by atoms with Crippen LogP contribution in [-0.4, -0.2) is 53.8 Å². The van der Waals surface area contributed by atoms with Crippen LogP contribution in [0.3, 0.4) is 0 Å². The number of anilines is 1. The number of fused-ring (bicyclic) bond motifs is 2. The standard InChI is InChI=1S/C24H38N4O/c1-23(2,3)22-26-20-19(21(27-22)25-18-8-13-29-14-9-18)7-11-24(20)10-4-12-28(16-24)15-17-5-6-17/h17-18H,4-16H2,1-3H3,(H,25,26,27). The van der Waals surface area contributed by atoms with Gasteiger partial charge in [-0.15, -0.1) is 0 Å². The molecule has 3 heterocycles. The maximum absolute atomic E-state index is 5.57. The van der Waals surface area contributed by atoms with Crippen molar-refractivity contribution in [2.24, 2.45) is 5.92 Å². The van der Waals surface area contributed by atoms with Crippen LogP contribution in [-0.2, 0) is 22.0 Å². The molecule has 0 radical (unpaired) electrons. The molecule has 2 saturated heterocycles. The summed E-state index contributed by atoms with van der Waals surface area (Å²) in [6, 6.07) is 0.477. The second-order valence-corrected chi connectivity index (χ2v) is 11.1. The van der Waals surface area contributed by atoms with E-state index in [1.807, 2.05) is 0 Å². The Labute approximate surface area is 176 Å². The van der Waals surface area contributed by atoms with Gasteiger partial charge in [0.25, 0.3) is 0 Å². The Kier molecular flexibility index (Phi) is 5.10. The number of piperidine rings is 1. The molecule has 2 aliphatic carbocycles. The summed E-state index contributed by atoms with van der Waals surface area (Å²) in [5.74, 6) is 3.10. The van der Waals surface area contributed by atoms with Crippen LogP contribution in [0.2, 0.25) is 0 Å². The molecule has 1 unspecified atom stereocenters. The Hall–Kier alpha value is -1.20. The molecule has 5 nitrogen and oxygen atoms in total. The smallest absolute Gasteiger partial charge is 0.136 e. The highest BCUT2D eigenvalue weighted by Gasteiger charge is 2.46. The molecule has 3 fully saturated rings. The van der Waals surface area contributed by atoms with Gasteiger partial charge in [0.2, 0.25) is 0 Å². The van der Waals surface area contributed by atoms with Crippen LogP contribution in [0.4, 0.5) is 5.82 Å². The Morgan fingerprint density at radius 3 is 2.62 bits per heavy atom. The van der Waals surface area contributed by atoms with Crippen molar-refractivity contribution in [3.8, 4) is 0 Å². The van der Waals surface area contributed by atoms with Gasteiger partial charge in [0, 0.05) is 48.7 Å². The average molecular weight is 399 g/mol. The van der Waals surface area contributed by atoms with Gasteiger partial charge in [0.05, 0.1) is 5.69 Å². The van der Waals surface area contributed by atoms with Gasteiger partial charge in [-0.1, -0.05) is 20.8 Å². The van der Waals surface area contributed by atoms with Crippen LogP contribution in [0.5, 0.6) is 0 Å². The van der Waals surface area contributed by atoms with E-state index in [2.05, 4.69) is 31.0 Å². The van der Waals surface area contributed by atoms with Gasteiger partial charge in [-0.3, -0.25) is 0 Å². The third-order valence-corrected chi connectivity index (χ3v) is 7.47. The summed E-state index contributed by atoms with van der Waals surface area (Å²) in [7, 11) is 0. The lowest BCUT2D eigenvalue weighted by atomic mass is 9.77. The Morgan fingerprint density at radius 1 is 1.10 bits per heavy atom. The minimum Gasteiger partial charge on any atom is -0.381 e. The molecule has 4 aliphatic rings. The number of nitrogens with one attached hydrogen (secondary N) is 1. The lowest BCUT2D eigenvalue weighted by Gasteiger charge is -2.41. The van der Waals surface area contributed by atoms with Crippen LogP contribution in [0.15, 0.2) is 0 Å². The maximum Gasteiger partial charge on any atom is 0.136 e. The number of rotatable bonds is 4. The molecule has 5 rings (SSSR count). The molecule has 0 aromatic carbocycles. The van der Waals surface area contributed by atoms with E-state index in [0.717, 1.165) is 50.0 Å². The van der Waals surface area contributed by atoms with Crippen LogP contribution in [0.25, 0.3) is 0 Å². The second kappa shape index (κ2) is 7.49. The number of hydrogen-bond donors (Lipinski definition) is 1. The van der Waals surface area contributed by atoms with E-state index < -0.39 is 0 Å². The highest BCUT2D eigenvalue weighted by Crippen LogP contribution is 2.47. The minimum absolute atomic E-state index is 0.0344. The van der Waals surface area contributed by atoms with Gasteiger partial charge in [0.1, 0.15) is 11.6 Å². The molecule has 1 aromatic heterocycles. The van der Waals surface area contributed by atoms with Gasteiger partial charge >= 0.3 is 0 Å². The van der Waals surface area contributed by atoms with Crippen molar-refractivity contribution in [3.05, 3.63) is 17.1 Å². The summed E-state index contributed by atoms with van der Waals surface area (Å²) in [6.07, 6.45) is 10.00. The highest BCUT2D eigenvalue weighted by atomic mass is 16.5. The molecule has 0 amide bonds. The summed E-state index contributed by atoms with van der Waals surface area (Å²) < 4.78 is 5.57. The zero-order valence-corrected chi connectivity index (χ0v) is 18.6. The molecule has 160 valence electrons. The van der Waals surface area contributed by atoms with Crippen LogP contribution in [0, 0.1) is 5.92 Å². The van der Waals surface area contributed by atoms with Crippen molar-refractivity contribution in [1.29, 1.82) is 0 Å². The molecule has 1 spiro atoms. The SMILES string of the molecule is CC(C)(C)c1nc(NC2CCOCC2)c2c(n1)C1(CCCN(CC3CC3)C1)CC2. The number of likely N-dealkylation sites (tertiary alicyclic amines) is 1. The summed E-state index contributed by atoms with van der Waals surface area (Å²) in [5.41, 5.74) is 3.01. The summed E-state index contributed by atoms with van der Waals surface area (Å²) in [6.45, 7) is 12.2. The zero-order valence-electron chi connectivity index (χ0n) is 18.6. The zero-order chi connectivity index (χ0) is 20.1. The lowest BCUT2D eigenvalue weighted by Crippen LogP contribution is -2.46. The molecule has 1 saturated carbocycles. The number of nitrogens with zero attached hydrogens (tertiary/aromatic N) is 3. The maximum atomic E-state index is 5.57. The van der Waals surface area contributed by atoms with Crippen molar-refractivity contribution < 1.29 is 4.74 Å². The van der Waals surface area contributed by atoms with Gasteiger partial charge in [0.15, 0.2) is 0 Å². The molecule has 5 heteroatoms. The number of ether oxygens (including phenoxy) is 1. The fourth-order valence-corrected chi connectivity index (χ4v) is 5.58. The highest BCUT2D eigenvalue weighted by molar-refractivity contribution is 5.53. The largest absolute Gasteiger partial charge is 0.381 e. The summed E-state index contributed by atoms with van der Waals surface area (Å²) >= 11 is 0. The lowest BCUT2D eigenvalue weighted by molar-refractivity contribution is 0.0903. The third-order valence-electron chi connectivity index (χ3n) is 7.47. The summed E-state index contributed by atoms with van der Waals surface area (Å²) in [4.78, 5) is 13.1. The van der Waals surface area contributed by atoms with Crippen LogP contribution >= 0.6 is 0 Å². The normalized spacial score (nSPS) is 28.7. The predicted octanol–water partition coefficient (Wildman–Crippen LogP) is 4.05. The van der Waals surface area contributed by atoms with Crippen molar-refractivity contribution in [2.75, 3.05) is 38.2 Å². The Bertz CT molecular complexity index is 748. The fraction of sp³-hybridized carbons (Fsp3) is 0.833. The third kappa shape index (κ3) is 4.05. The quantitative estimate of drug-likeness (QED) is 0.829. The monoisotopic (exact) mass is 398 g/mol. The van der Waals surface area contributed by atoms with Crippen molar-refractivity contribution in [3.63, 3.8) is 0 Å². The first-order chi connectivity index (χ1) is 13.9. The molecule has 1 N–H and O–H groups in total. The van der Waals surface area contributed by atoms with E-state index >= 15 is 0 Å². The van der Waals surface area contributed by atoms with Crippen molar-refractivity contribution >= 4 is 5.82 Å². The number of hydrogen-bond acceptors (Lipinski definition) is 5. The molecule has 2 aliphatic heterocycles. The molecule has 1 aromatic rings. The molecular formula is C24H38N4O. The van der Waals surface area contributed by atoms with Crippen LogP contribution in [0.1, 0.15) is 82.8 Å².